The first-order valence-electron chi connectivity index (χ1n) is 7.15. The molecule has 0 fully saturated rings. The fraction of sp³-hybridized carbons (Fsp3) is 0.312. The summed E-state index contributed by atoms with van der Waals surface area (Å²) in [5, 5.41) is 23.1. The Hall–Kier alpha value is -1.69. The molecular weight excluding hydrogens is 282 g/mol. The van der Waals surface area contributed by atoms with E-state index in [0.717, 1.165) is 23.3 Å². The largest absolute Gasteiger partial charge is 0.387 e. The molecule has 2 N–H and O–H groups in total. The zero-order chi connectivity index (χ0) is 14.7. The normalized spacial score (nSPS) is 12.9. The predicted octanol–water partition coefficient (Wildman–Crippen LogP) is 2.94. The van der Waals surface area contributed by atoms with Gasteiger partial charge in [0.2, 0.25) is 0 Å². The van der Waals surface area contributed by atoms with Crippen LogP contribution in [0.15, 0.2) is 41.1 Å². The van der Waals surface area contributed by atoms with Gasteiger partial charge in [0.25, 0.3) is 0 Å². The molecule has 1 atom stereocenters. The van der Waals surface area contributed by atoms with Gasteiger partial charge in [0.15, 0.2) is 0 Å². The molecule has 0 amide bonds. The summed E-state index contributed by atoms with van der Waals surface area (Å²) in [4.78, 5) is 0. The predicted molar refractivity (Wildman–Crippen MR) is 86.4 cm³/mol. The van der Waals surface area contributed by atoms with Crippen LogP contribution in [0, 0.1) is 0 Å². The molecule has 1 unspecified atom stereocenters. The molecule has 0 aliphatic rings. The summed E-state index contributed by atoms with van der Waals surface area (Å²) >= 11 is 1.60. The number of rotatable bonds is 6. The van der Waals surface area contributed by atoms with E-state index in [-0.39, 0.29) is 0 Å². The molecule has 0 bridgehead atoms. The topological polar surface area (TPSA) is 50.1 Å². The van der Waals surface area contributed by atoms with Crippen LogP contribution in [-0.4, -0.2) is 21.4 Å². The second-order valence-corrected chi connectivity index (χ2v) is 5.76. The van der Waals surface area contributed by atoms with Crippen molar-refractivity contribution >= 4 is 22.2 Å². The minimum absolute atomic E-state index is 0.462. The van der Waals surface area contributed by atoms with Crippen molar-refractivity contribution in [1.82, 2.24) is 15.1 Å². The molecule has 2 aromatic heterocycles. The van der Waals surface area contributed by atoms with Crippen LogP contribution in [0.25, 0.3) is 10.9 Å². The van der Waals surface area contributed by atoms with Crippen molar-refractivity contribution in [2.75, 3.05) is 6.54 Å². The summed E-state index contributed by atoms with van der Waals surface area (Å²) in [7, 11) is 0. The number of nitrogens with one attached hydrogen (secondary N) is 1. The van der Waals surface area contributed by atoms with Crippen LogP contribution >= 0.6 is 11.3 Å². The van der Waals surface area contributed by atoms with Gasteiger partial charge in [-0.05, 0) is 35.4 Å². The first-order chi connectivity index (χ1) is 10.3. The number of benzene rings is 1. The van der Waals surface area contributed by atoms with Crippen molar-refractivity contribution in [3.05, 3.63) is 52.3 Å². The first kappa shape index (κ1) is 14.3. The highest BCUT2D eigenvalue weighted by Gasteiger charge is 2.11. The zero-order valence-electron chi connectivity index (χ0n) is 12.0. The SMILES string of the molecule is CCn1nc(CNCC(O)c2ccsc2)c2ccccc21. The Balaban J connectivity index is 1.68. The molecule has 5 heteroatoms. The van der Waals surface area contributed by atoms with Crippen molar-refractivity contribution < 1.29 is 5.11 Å². The average Bonchev–Trinajstić information content (AvgIpc) is 3.15. The maximum Gasteiger partial charge on any atom is 0.0922 e. The van der Waals surface area contributed by atoms with Gasteiger partial charge in [-0.2, -0.15) is 16.4 Å². The average molecular weight is 301 g/mol. The van der Waals surface area contributed by atoms with Crippen LogP contribution < -0.4 is 5.32 Å². The molecule has 0 saturated carbocycles. The summed E-state index contributed by atoms with van der Waals surface area (Å²) in [6, 6.07) is 10.2. The van der Waals surface area contributed by atoms with Gasteiger partial charge in [-0.25, -0.2) is 0 Å². The van der Waals surface area contributed by atoms with Crippen LogP contribution in [0.3, 0.4) is 0 Å². The smallest absolute Gasteiger partial charge is 0.0922 e. The third-order valence-electron chi connectivity index (χ3n) is 3.59. The highest BCUT2D eigenvalue weighted by Crippen LogP contribution is 2.19. The van der Waals surface area contributed by atoms with Gasteiger partial charge in [-0.1, -0.05) is 18.2 Å². The summed E-state index contributed by atoms with van der Waals surface area (Å²) < 4.78 is 2.02. The van der Waals surface area contributed by atoms with E-state index in [1.54, 1.807) is 11.3 Å². The number of aliphatic hydroxyl groups is 1. The Morgan fingerprint density at radius 2 is 2.19 bits per heavy atom. The molecule has 3 rings (SSSR count). The lowest BCUT2D eigenvalue weighted by molar-refractivity contribution is 0.174. The molecule has 3 aromatic rings. The maximum absolute atomic E-state index is 10.1. The number of nitrogens with zero attached hydrogens (tertiary/aromatic N) is 2. The number of fused-ring (bicyclic) bond motifs is 1. The number of aryl methyl sites for hydroxylation is 1. The summed E-state index contributed by atoms with van der Waals surface area (Å²) in [6.07, 6.45) is -0.462. The van der Waals surface area contributed by atoms with Crippen molar-refractivity contribution in [1.29, 1.82) is 0 Å². The minimum atomic E-state index is -0.462. The van der Waals surface area contributed by atoms with Gasteiger partial charge >= 0.3 is 0 Å². The lowest BCUT2D eigenvalue weighted by Gasteiger charge is -2.09. The lowest BCUT2D eigenvalue weighted by Crippen LogP contribution is -2.21. The molecule has 0 aliphatic carbocycles. The standard InChI is InChI=1S/C16H19N3OS/c1-2-19-15-6-4-3-5-13(15)14(18-19)9-17-10-16(20)12-7-8-21-11-12/h3-8,11,16-17,20H,2,9-10H2,1H3. The van der Waals surface area contributed by atoms with E-state index < -0.39 is 6.10 Å². The van der Waals surface area contributed by atoms with Crippen molar-refractivity contribution in [3.8, 4) is 0 Å². The molecule has 0 aliphatic heterocycles. The van der Waals surface area contributed by atoms with Crippen molar-refractivity contribution in [2.24, 2.45) is 0 Å². The van der Waals surface area contributed by atoms with Gasteiger partial charge in [-0.15, -0.1) is 0 Å². The fourth-order valence-corrected chi connectivity index (χ4v) is 3.18. The number of para-hydroxylation sites is 1. The molecule has 1 aromatic carbocycles. The number of hydrogen-bond donors (Lipinski definition) is 2. The number of aliphatic hydroxyl groups excluding tert-OH is 1. The Morgan fingerprint density at radius 1 is 1.33 bits per heavy atom. The molecule has 2 heterocycles. The Kier molecular flexibility index (Phi) is 4.34. The van der Waals surface area contributed by atoms with Crippen molar-refractivity contribution in [2.45, 2.75) is 26.1 Å². The lowest BCUT2D eigenvalue weighted by atomic mass is 10.2. The van der Waals surface area contributed by atoms with Crippen LogP contribution in [0.2, 0.25) is 0 Å². The van der Waals surface area contributed by atoms with E-state index in [1.165, 1.54) is 5.39 Å². The molecular formula is C16H19N3OS. The molecule has 0 radical (unpaired) electrons. The zero-order valence-corrected chi connectivity index (χ0v) is 12.8. The van der Waals surface area contributed by atoms with Crippen molar-refractivity contribution in [3.63, 3.8) is 0 Å². The number of hydrogen-bond acceptors (Lipinski definition) is 4. The second kappa shape index (κ2) is 6.39. The Labute approximate surface area is 128 Å². The van der Waals surface area contributed by atoms with E-state index in [4.69, 9.17) is 0 Å². The van der Waals surface area contributed by atoms with E-state index in [9.17, 15) is 5.11 Å². The highest BCUT2D eigenvalue weighted by atomic mass is 32.1. The number of thiophene rings is 1. The Morgan fingerprint density at radius 3 is 2.95 bits per heavy atom. The molecule has 0 saturated heterocycles. The van der Waals surface area contributed by atoms with Gasteiger partial charge < -0.3 is 10.4 Å². The van der Waals surface area contributed by atoms with Crippen LogP contribution in [0.4, 0.5) is 0 Å². The Bertz CT molecular complexity index is 705. The van der Waals surface area contributed by atoms with E-state index in [2.05, 4.69) is 29.5 Å². The first-order valence-corrected chi connectivity index (χ1v) is 8.09. The fourth-order valence-electron chi connectivity index (χ4n) is 2.48. The second-order valence-electron chi connectivity index (χ2n) is 4.98. The molecule has 4 nitrogen and oxygen atoms in total. The number of aromatic nitrogens is 2. The quantitative estimate of drug-likeness (QED) is 0.736. The van der Waals surface area contributed by atoms with Crippen LogP contribution in [-0.2, 0) is 13.1 Å². The summed E-state index contributed by atoms with van der Waals surface area (Å²) in [5.74, 6) is 0. The molecule has 0 spiro atoms. The monoisotopic (exact) mass is 301 g/mol. The third-order valence-corrected chi connectivity index (χ3v) is 4.29. The van der Waals surface area contributed by atoms with Gasteiger partial charge in [0.1, 0.15) is 0 Å². The van der Waals surface area contributed by atoms with E-state index in [0.29, 0.717) is 13.1 Å². The van der Waals surface area contributed by atoms with Gasteiger partial charge in [-0.3, -0.25) is 4.68 Å². The van der Waals surface area contributed by atoms with E-state index in [1.807, 2.05) is 33.6 Å². The highest BCUT2D eigenvalue weighted by molar-refractivity contribution is 7.07. The molecule has 21 heavy (non-hydrogen) atoms. The minimum Gasteiger partial charge on any atom is -0.387 e. The van der Waals surface area contributed by atoms with Gasteiger partial charge in [0, 0.05) is 25.0 Å². The summed E-state index contributed by atoms with van der Waals surface area (Å²) in [6.45, 7) is 4.15. The molecule has 110 valence electrons. The maximum atomic E-state index is 10.1. The van der Waals surface area contributed by atoms with Crippen LogP contribution in [0.1, 0.15) is 24.3 Å². The van der Waals surface area contributed by atoms with E-state index >= 15 is 0 Å². The van der Waals surface area contributed by atoms with Crippen LogP contribution in [0.5, 0.6) is 0 Å². The van der Waals surface area contributed by atoms with Gasteiger partial charge in [0.05, 0.1) is 17.3 Å². The third kappa shape index (κ3) is 3.00. The summed E-state index contributed by atoms with van der Waals surface area (Å²) in [5.41, 5.74) is 3.16.